The van der Waals surface area contributed by atoms with E-state index in [-0.39, 0.29) is 44.1 Å². The SMILES string of the molecule is COC(=O)c1c(C)oc2ccc(N(C(=O)c3cccc([N+](=O)[O-])c3)S(=O)(=O)c3ccc(C)cc3)cc12. The van der Waals surface area contributed by atoms with E-state index in [0.717, 1.165) is 11.6 Å². The number of furan rings is 1. The number of benzene rings is 3. The van der Waals surface area contributed by atoms with E-state index in [9.17, 15) is 28.1 Å². The number of nitrogens with zero attached hydrogens (tertiary/aromatic N) is 2. The van der Waals surface area contributed by atoms with Gasteiger partial charge < -0.3 is 9.15 Å². The van der Waals surface area contributed by atoms with Gasteiger partial charge in [-0.1, -0.05) is 23.8 Å². The number of ether oxygens (including phenoxy) is 1. The van der Waals surface area contributed by atoms with Gasteiger partial charge in [0.15, 0.2) is 0 Å². The molecular weight excluding hydrogens is 488 g/mol. The summed E-state index contributed by atoms with van der Waals surface area (Å²) in [6.45, 7) is 3.34. The number of rotatable bonds is 6. The predicted octanol–water partition coefficient (Wildman–Crippen LogP) is 4.78. The van der Waals surface area contributed by atoms with Gasteiger partial charge in [-0.2, -0.15) is 4.31 Å². The number of hydrogen-bond acceptors (Lipinski definition) is 8. The highest BCUT2D eigenvalue weighted by Crippen LogP contribution is 2.33. The number of esters is 1. The zero-order valence-corrected chi connectivity index (χ0v) is 20.2. The van der Waals surface area contributed by atoms with Crippen molar-refractivity contribution < 1.29 is 32.1 Å². The molecule has 10 nitrogen and oxygen atoms in total. The van der Waals surface area contributed by atoms with Gasteiger partial charge in [0.05, 0.1) is 22.6 Å². The van der Waals surface area contributed by atoms with Crippen molar-refractivity contribution in [3.63, 3.8) is 0 Å². The minimum absolute atomic E-state index is 0.0878. The lowest BCUT2D eigenvalue weighted by Crippen LogP contribution is -2.37. The van der Waals surface area contributed by atoms with Gasteiger partial charge >= 0.3 is 5.97 Å². The van der Waals surface area contributed by atoms with Crippen molar-refractivity contribution >= 4 is 44.2 Å². The highest BCUT2D eigenvalue weighted by atomic mass is 32.2. The second-order valence-electron chi connectivity index (χ2n) is 7.90. The van der Waals surface area contributed by atoms with Gasteiger partial charge in [0, 0.05) is 23.1 Å². The Bertz CT molecular complexity index is 1620. The molecule has 1 aromatic heterocycles. The first-order valence-corrected chi connectivity index (χ1v) is 12.0. The van der Waals surface area contributed by atoms with Crippen molar-refractivity contribution in [1.82, 2.24) is 0 Å². The minimum atomic E-state index is -4.48. The summed E-state index contributed by atoms with van der Waals surface area (Å²) in [6.07, 6.45) is 0. The highest BCUT2D eigenvalue weighted by molar-refractivity contribution is 7.93. The maximum absolute atomic E-state index is 13.8. The zero-order chi connectivity index (χ0) is 26.2. The molecule has 184 valence electrons. The van der Waals surface area contributed by atoms with Gasteiger partial charge in [0.2, 0.25) is 0 Å². The van der Waals surface area contributed by atoms with E-state index < -0.39 is 26.8 Å². The summed E-state index contributed by atoms with van der Waals surface area (Å²) in [4.78, 5) is 36.4. The fourth-order valence-electron chi connectivity index (χ4n) is 3.74. The van der Waals surface area contributed by atoms with Crippen LogP contribution in [0.3, 0.4) is 0 Å². The Morgan fingerprint density at radius 3 is 2.33 bits per heavy atom. The van der Waals surface area contributed by atoms with Crippen LogP contribution in [0.4, 0.5) is 11.4 Å². The molecule has 0 fully saturated rings. The van der Waals surface area contributed by atoms with E-state index in [1.165, 1.54) is 55.6 Å². The van der Waals surface area contributed by atoms with Gasteiger partial charge in [-0.15, -0.1) is 0 Å². The van der Waals surface area contributed by atoms with E-state index in [4.69, 9.17) is 9.15 Å². The summed E-state index contributed by atoms with van der Waals surface area (Å²) in [5, 5.41) is 11.5. The summed E-state index contributed by atoms with van der Waals surface area (Å²) in [5.41, 5.74) is 0.505. The monoisotopic (exact) mass is 508 g/mol. The maximum Gasteiger partial charge on any atom is 0.342 e. The number of nitro groups is 1. The number of non-ortho nitro benzene ring substituents is 1. The van der Waals surface area contributed by atoms with Crippen molar-refractivity contribution in [3.8, 4) is 0 Å². The van der Waals surface area contributed by atoms with Crippen LogP contribution in [0.1, 0.15) is 32.0 Å². The molecule has 1 amide bonds. The molecule has 0 bridgehead atoms. The maximum atomic E-state index is 13.8. The number of hydrogen-bond donors (Lipinski definition) is 0. The van der Waals surface area contributed by atoms with Crippen LogP contribution in [-0.2, 0) is 14.8 Å². The first-order valence-electron chi connectivity index (χ1n) is 10.6. The molecule has 0 unspecified atom stereocenters. The molecule has 0 saturated carbocycles. The van der Waals surface area contributed by atoms with E-state index >= 15 is 0 Å². The second-order valence-corrected chi connectivity index (χ2v) is 9.69. The molecule has 11 heteroatoms. The second kappa shape index (κ2) is 9.27. The normalized spacial score (nSPS) is 11.3. The average molecular weight is 509 g/mol. The number of amides is 1. The van der Waals surface area contributed by atoms with Crippen LogP contribution in [0.15, 0.2) is 76.0 Å². The topological polar surface area (TPSA) is 137 Å². The number of methoxy groups -OCH3 is 1. The van der Waals surface area contributed by atoms with Gasteiger partial charge in [0.25, 0.3) is 21.6 Å². The van der Waals surface area contributed by atoms with E-state index in [1.807, 2.05) is 0 Å². The van der Waals surface area contributed by atoms with Crippen molar-refractivity contribution in [2.45, 2.75) is 18.7 Å². The number of nitro benzene ring substituents is 1. The van der Waals surface area contributed by atoms with E-state index in [1.54, 1.807) is 26.0 Å². The Kier molecular flexibility index (Phi) is 6.34. The Labute approximate surface area is 205 Å². The molecule has 0 spiro atoms. The standard InChI is InChI=1S/C25H20N2O8S/c1-15-7-10-20(11-8-15)36(32,33)26(24(28)17-5-4-6-19(13-17)27(30)31)18-9-12-22-21(14-18)23(16(2)35-22)25(29)34-3/h4-14H,1-3H3. The molecule has 0 N–H and O–H groups in total. The lowest BCUT2D eigenvalue weighted by molar-refractivity contribution is -0.384. The third kappa shape index (κ3) is 4.31. The molecule has 4 aromatic rings. The lowest BCUT2D eigenvalue weighted by atomic mass is 10.1. The van der Waals surface area contributed by atoms with Crippen LogP contribution >= 0.6 is 0 Å². The van der Waals surface area contributed by atoms with E-state index in [2.05, 4.69) is 0 Å². The molecular formula is C25H20N2O8S. The number of carbonyl (C=O) groups is 2. The number of aryl methyl sites for hydroxylation is 2. The van der Waals surface area contributed by atoms with Crippen LogP contribution < -0.4 is 4.31 Å². The largest absolute Gasteiger partial charge is 0.465 e. The summed E-state index contributed by atoms with van der Waals surface area (Å²) in [5.74, 6) is -1.45. The first-order chi connectivity index (χ1) is 17.0. The number of anilines is 1. The third-order valence-electron chi connectivity index (χ3n) is 5.52. The predicted molar refractivity (Wildman–Crippen MR) is 131 cm³/mol. The van der Waals surface area contributed by atoms with Crippen molar-refractivity contribution in [3.05, 3.63) is 99.3 Å². The van der Waals surface area contributed by atoms with Gasteiger partial charge in [-0.3, -0.25) is 14.9 Å². The molecule has 36 heavy (non-hydrogen) atoms. The summed E-state index contributed by atoms with van der Waals surface area (Å²) < 4.78 is 38.5. The van der Waals surface area contributed by atoms with Crippen molar-refractivity contribution in [1.29, 1.82) is 0 Å². The van der Waals surface area contributed by atoms with Crippen LogP contribution in [0.2, 0.25) is 0 Å². The smallest absolute Gasteiger partial charge is 0.342 e. The molecule has 0 aliphatic carbocycles. The van der Waals surface area contributed by atoms with Gasteiger partial charge in [-0.25, -0.2) is 13.2 Å². The van der Waals surface area contributed by atoms with Gasteiger partial charge in [0.1, 0.15) is 16.9 Å². The number of sulfonamides is 1. The lowest BCUT2D eigenvalue weighted by Gasteiger charge is -2.23. The Morgan fingerprint density at radius 2 is 1.69 bits per heavy atom. The molecule has 4 rings (SSSR count). The Hall–Kier alpha value is -4.51. The van der Waals surface area contributed by atoms with Crippen molar-refractivity contribution in [2.75, 3.05) is 11.4 Å². The fourth-order valence-corrected chi connectivity index (χ4v) is 5.15. The van der Waals surface area contributed by atoms with Crippen molar-refractivity contribution in [2.24, 2.45) is 0 Å². The number of fused-ring (bicyclic) bond motifs is 1. The molecule has 0 aliphatic rings. The van der Waals surface area contributed by atoms with Crippen LogP contribution in [-0.4, -0.2) is 32.3 Å². The zero-order valence-electron chi connectivity index (χ0n) is 19.4. The first kappa shape index (κ1) is 24.6. The summed E-state index contributed by atoms with van der Waals surface area (Å²) in [6, 6.07) is 14.8. The molecule has 0 saturated heterocycles. The molecule has 1 heterocycles. The van der Waals surface area contributed by atoms with Crippen LogP contribution in [0.5, 0.6) is 0 Å². The third-order valence-corrected chi connectivity index (χ3v) is 7.24. The van der Waals surface area contributed by atoms with Gasteiger partial charge in [-0.05, 0) is 50.2 Å². The Morgan fingerprint density at radius 1 is 1.00 bits per heavy atom. The molecule has 0 aliphatic heterocycles. The summed E-state index contributed by atoms with van der Waals surface area (Å²) >= 11 is 0. The van der Waals surface area contributed by atoms with Crippen LogP contribution in [0.25, 0.3) is 11.0 Å². The molecule has 3 aromatic carbocycles. The minimum Gasteiger partial charge on any atom is -0.465 e. The van der Waals surface area contributed by atoms with Crippen LogP contribution in [0, 0.1) is 24.0 Å². The van der Waals surface area contributed by atoms with E-state index in [0.29, 0.717) is 4.31 Å². The quantitative estimate of drug-likeness (QED) is 0.206. The number of carbonyl (C=O) groups excluding carboxylic acids is 2. The fraction of sp³-hybridized carbons (Fsp3) is 0.120. The highest BCUT2D eigenvalue weighted by Gasteiger charge is 2.33. The summed E-state index contributed by atoms with van der Waals surface area (Å²) in [7, 11) is -3.29. The molecule has 0 atom stereocenters. The Balaban J connectivity index is 1.96. The molecule has 0 radical (unpaired) electrons. The average Bonchev–Trinajstić information content (AvgIpc) is 3.18.